The predicted octanol–water partition coefficient (Wildman–Crippen LogP) is -1.28. The molecule has 1 aliphatic carbocycles. The Morgan fingerprint density at radius 2 is 2.00 bits per heavy atom. The van der Waals surface area contributed by atoms with Crippen LogP contribution in [0.1, 0.15) is 19.3 Å². The van der Waals surface area contributed by atoms with Crippen molar-refractivity contribution in [2.75, 3.05) is 6.54 Å². The van der Waals surface area contributed by atoms with E-state index in [0.717, 1.165) is 6.54 Å². The van der Waals surface area contributed by atoms with Crippen molar-refractivity contribution in [1.29, 1.82) is 0 Å². The Bertz CT molecular complexity index is 213. The lowest BCUT2D eigenvalue weighted by Crippen LogP contribution is -2.44. The first-order valence-corrected chi connectivity index (χ1v) is 4.40. The van der Waals surface area contributed by atoms with Gasteiger partial charge in [-0.25, -0.2) is 0 Å². The van der Waals surface area contributed by atoms with Gasteiger partial charge in [0.05, 0.1) is 12.5 Å². The smallest absolute Gasteiger partial charge is 0.235 e. The third kappa shape index (κ3) is 3.89. The molecule has 74 valence electrons. The Kier molecular flexibility index (Phi) is 3.25. The van der Waals surface area contributed by atoms with E-state index in [1.165, 1.54) is 12.8 Å². The molecular formula is C8H15N3O2. The van der Waals surface area contributed by atoms with Gasteiger partial charge in [0, 0.05) is 0 Å². The van der Waals surface area contributed by atoms with Gasteiger partial charge in [-0.2, -0.15) is 0 Å². The molecule has 0 aromatic rings. The Balaban J connectivity index is 2.27. The van der Waals surface area contributed by atoms with Crippen LogP contribution in [0.25, 0.3) is 0 Å². The van der Waals surface area contributed by atoms with Crippen LogP contribution >= 0.6 is 0 Å². The highest BCUT2D eigenvalue weighted by molar-refractivity contribution is 5.86. The second-order valence-electron chi connectivity index (χ2n) is 3.48. The minimum absolute atomic E-state index is 0.0119. The summed E-state index contributed by atoms with van der Waals surface area (Å²) in [6.45, 7) is 0.751. The van der Waals surface area contributed by atoms with Gasteiger partial charge < -0.3 is 16.8 Å². The van der Waals surface area contributed by atoms with Gasteiger partial charge >= 0.3 is 0 Å². The van der Waals surface area contributed by atoms with Crippen LogP contribution in [-0.2, 0) is 9.59 Å². The van der Waals surface area contributed by atoms with E-state index in [9.17, 15) is 9.59 Å². The summed E-state index contributed by atoms with van der Waals surface area (Å²) in [4.78, 5) is 21.4. The fraction of sp³-hybridized carbons (Fsp3) is 0.750. The number of carbonyl (C=O) groups excluding carboxylic acids is 2. The van der Waals surface area contributed by atoms with Crippen molar-refractivity contribution in [3.63, 3.8) is 0 Å². The average molecular weight is 185 g/mol. The van der Waals surface area contributed by atoms with Crippen LogP contribution in [0.2, 0.25) is 0 Å². The summed E-state index contributed by atoms with van der Waals surface area (Å²) in [7, 11) is 0. The van der Waals surface area contributed by atoms with Crippen molar-refractivity contribution < 1.29 is 9.59 Å². The number of rotatable bonds is 6. The highest BCUT2D eigenvalue weighted by Crippen LogP contribution is 2.27. The molecule has 0 spiro atoms. The van der Waals surface area contributed by atoms with E-state index >= 15 is 0 Å². The normalized spacial score (nSPS) is 18.2. The SMILES string of the molecule is NC(=O)CC(NCC1CC1)C(N)=O. The fourth-order valence-corrected chi connectivity index (χ4v) is 1.11. The maximum absolute atomic E-state index is 10.8. The molecule has 0 radical (unpaired) electrons. The number of nitrogens with two attached hydrogens (primary N) is 2. The molecule has 0 aliphatic heterocycles. The molecule has 1 unspecified atom stereocenters. The van der Waals surface area contributed by atoms with Crippen LogP contribution in [-0.4, -0.2) is 24.4 Å². The lowest BCUT2D eigenvalue weighted by Gasteiger charge is -2.12. The summed E-state index contributed by atoms with van der Waals surface area (Å²) in [5, 5.41) is 2.94. The van der Waals surface area contributed by atoms with Crippen LogP contribution < -0.4 is 16.8 Å². The number of nitrogens with one attached hydrogen (secondary N) is 1. The third-order valence-corrected chi connectivity index (χ3v) is 2.10. The van der Waals surface area contributed by atoms with E-state index in [4.69, 9.17) is 11.5 Å². The van der Waals surface area contributed by atoms with E-state index in [1.54, 1.807) is 0 Å². The molecule has 1 fully saturated rings. The topological polar surface area (TPSA) is 98.2 Å². The summed E-state index contributed by atoms with van der Waals surface area (Å²) in [5.41, 5.74) is 10.0. The summed E-state index contributed by atoms with van der Waals surface area (Å²) in [6.07, 6.45) is 2.37. The average Bonchev–Trinajstić information content (AvgIpc) is 2.79. The molecule has 0 aromatic carbocycles. The lowest BCUT2D eigenvalue weighted by atomic mass is 10.2. The molecule has 1 atom stereocenters. The maximum Gasteiger partial charge on any atom is 0.235 e. The van der Waals surface area contributed by atoms with Crippen LogP contribution in [0.15, 0.2) is 0 Å². The number of hydrogen-bond acceptors (Lipinski definition) is 3. The van der Waals surface area contributed by atoms with Gasteiger partial charge in [-0.1, -0.05) is 0 Å². The van der Waals surface area contributed by atoms with Gasteiger partial charge in [0.15, 0.2) is 0 Å². The zero-order chi connectivity index (χ0) is 9.84. The predicted molar refractivity (Wildman–Crippen MR) is 47.5 cm³/mol. The van der Waals surface area contributed by atoms with Crippen LogP contribution in [0.4, 0.5) is 0 Å². The Morgan fingerprint density at radius 3 is 2.38 bits per heavy atom. The van der Waals surface area contributed by atoms with E-state index in [2.05, 4.69) is 5.32 Å². The quantitative estimate of drug-likeness (QED) is 0.480. The van der Waals surface area contributed by atoms with Crippen molar-refractivity contribution in [2.24, 2.45) is 17.4 Å². The summed E-state index contributed by atoms with van der Waals surface area (Å²) in [5.74, 6) is -0.374. The summed E-state index contributed by atoms with van der Waals surface area (Å²) in [6, 6.07) is -0.599. The zero-order valence-electron chi connectivity index (χ0n) is 7.45. The van der Waals surface area contributed by atoms with Crippen molar-refractivity contribution in [1.82, 2.24) is 5.32 Å². The number of amides is 2. The monoisotopic (exact) mass is 185 g/mol. The summed E-state index contributed by atoms with van der Waals surface area (Å²) >= 11 is 0. The number of primary amides is 2. The standard InChI is InChI=1S/C8H15N3O2/c9-7(12)3-6(8(10)13)11-4-5-1-2-5/h5-6,11H,1-4H2,(H2,9,12)(H2,10,13). The Hall–Kier alpha value is -1.10. The number of carbonyl (C=O) groups is 2. The van der Waals surface area contributed by atoms with Gasteiger partial charge in [-0.15, -0.1) is 0 Å². The first-order chi connectivity index (χ1) is 6.09. The highest BCUT2D eigenvalue weighted by atomic mass is 16.2. The Labute approximate surface area is 76.8 Å². The molecule has 5 nitrogen and oxygen atoms in total. The third-order valence-electron chi connectivity index (χ3n) is 2.10. The molecule has 5 heteroatoms. The molecule has 13 heavy (non-hydrogen) atoms. The van der Waals surface area contributed by atoms with Crippen molar-refractivity contribution in [3.8, 4) is 0 Å². The van der Waals surface area contributed by atoms with E-state index in [1.807, 2.05) is 0 Å². The minimum atomic E-state index is -0.599. The minimum Gasteiger partial charge on any atom is -0.370 e. The van der Waals surface area contributed by atoms with E-state index < -0.39 is 17.9 Å². The molecule has 0 heterocycles. The molecule has 5 N–H and O–H groups in total. The van der Waals surface area contributed by atoms with Crippen LogP contribution in [0.3, 0.4) is 0 Å². The zero-order valence-corrected chi connectivity index (χ0v) is 7.45. The summed E-state index contributed by atoms with van der Waals surface area (Å²) < 4.78 is 0. The van der Waals surface area contributed by atoms with Crippen LogP contribution in [0.5, 0.6) is 0 Å². The van der Waals surface area contributed by atoms with Gasteiger partial charge in [0.1, 0.15) is 0 Å². The highest BCUT2D eigenvalue weighted by Gasteiger charge is 2.24. The second kappa shape index (κ2) is 4.23. The molecule has 2 amide bonds. The molecule has 0 saturated heterocycles. The van der Waals surface area contributed by atoms with Crippen LogP contribution in [0, 0.1) is 5.92 Å². The maximum atomic E-state index is 10.8. The van der Waals surface area contributed by atoms with Crippen molar-refractivity contribution in [3.05, 3.63) is 0 Å². The number of hydrogen-bond donors (Lipinski definition) is 3. The van der Waals surface area contributed by atoms with E-state index in [0.29, 0.717) is 5.92 Å². The van der Waals surface area contributed by atoms with Crippen molar-refractivity contribution in [2.45, 2.75) is 25.3 Å². The molecule has 0 aromatic heterocycles. The molecule has 1 rings (SSSR count). The van der Waals surface area contributed by atoms with Gasteiger partial charge in [-0.3, -0.25) is 9.59 Å². The molecule has 1 aliphatic rings. The lowest BCUT2D eigenvalue weighted by molar-refractivity contribution is -0.125. The second-order valence-corrected chi connectivity index (χ2v) is 3.48. The van der Waals surface area contributed by atoms with E-state index in [-0.39, 0.29) is 6.42 Å². The first kappa shape index (κ1) is 9.98. The largest absolute Gasteiger partial charge is 0.370 e. The Morgan fingerprint density at radius 1 is 1.38 bits per heavy atom. The fourth-order valence-electron chi connectivity index (χ4n) is 1.11. The molecular weight excluding hydrogens is 170 g/mol. The van der Waals surface area contributed by atoms with Crippen molar-refractivity contribution >= 4 is 11.8 Å². The van der Waals surface area contributed by atoms with Gasteiger partial charge in [0.25, 0.3) is 0 Å². The first-order valence-electron chi connectivity index (χ1n) is 4.40. The molecule has 0 bridgehead atoms. The molecule has 1 saturated carbocycles. The van der Waals surface area contributed by atoms with Gasteiger partial charge in [-0.05, 0) is 25.3 Å². The van der Waals surface area contributed by atoms with Gasteiger partial charge in [0.2, 0.25) is 11.8 Å².